The van der Waals surface area contributed by atoms with E-state index in [1.54, 1.807) is 0 Å². The van der Waals surface area contributed by atoms with Gasteiger partial charge in [0.05, 0.1) is 19.1 Å². The molecule has 0 spiro atoms. The van der Waals surface area contributed by atoms with Gasteiger partial charge in [-0.3, -0.25) is 4.79 Å². The van der Waals surface area contributed by atoms with Gasteiger partial charge < -0.3 is 15.4 Å². The van der Waals surface area contributed by atoms with E-state index in [1.807, 2.05) is 26.0 Å². The molecule has 98 valence electrons. The lowest BCUT2D eigenvalue weighted by Crippen LogP contribution is -2.40. The van der Waals surface area contributed by atoms with Gasteiger partial charge in [0.15, 0.2) is 0 Å². The van der Waals surface area contributed by atoms with Crippen LogP contribution in [0.25, 0.3) is 0 Å². The van der Waals surface area contributed by atoms with Crippen LogP contribution in [-0.4, -0.2) is 31.7 Å². The van der Waals surface area contributed by atoms with E-state index in [1.165, 1.54) is 5.56 Å². The van der Waals surface area contributed by atoms with Crippen molar-refractivity contribution in [2.45, 2.75) is 26.4 Å². The fourth-order valence-corrected chi connectivity index (χ4v) is 2.11. The van der Waals surface area contributed by atoms with E-state index in [4.69, 9.17) is 4.74 Å². The Labute approximate surface area is 108 Å². The van der Waals surface area contributed by atoms with E-state index in [0.717, 1.165) is 24.3 Å². The van der Waals surface area contributed by atoms with Crippen molar-refractivity contribution in [1.82, 2.24) is 5.32 Å². The number of ether oxygens (including phenoxy) is 1. The normalized spacial score (nSPS) is 19.6. The van der Waals surface area contributed by atoms with Gasteiger partial charge in [-0.05, 0) is 25.5 Å². The lowest BCUT2D eigenvalue weighted by atomic mass is 10.1. The Morgan fingerprint density at radius 1 is 1.50 bits per heavy atom. The molecule has 0 aliphatic carbocycles. The summed E-state index contributed by atoms with van der Waals surface area (Å²) in [6.07, 6.45) is 0.393. The van der Waals surface area contributed by atoms with E-state index in [-0.39, 0.29) is 12.0 Å². The number of rotatable bonds is 3. The van der Waals surface area contributed by atoms with Crippen molar-refractivity contribution in [2.24, 2.45) is 0 Å². The molecule has 0 saturated carbocycles. The second kappa shape index (κ2) is 5.98. The molecule has 0 aromatic heterocycles. The van der Waals surface area contributed by atoms with E-state index in [2.05, 4.69) is 16.7 Å². The summed E-state index contributed by atoms with van der Waals surface area (Å²) in [5, 5.41) is 6.16. The summed E-state index contributed by atoms with van der Waals surface area (Å²) in [5.41, 5.74) is 3.17. The summed E-state index contributed by atoms with van der Waals surface area (Å²) in [5.74, 6) is 0.00986. The Bertz CT molecular complexity index is 426. The predicted molar refractivity (Wildman–Crippen MR) is 71.8 cm³/mol. The molecule has 1 aromatic rings. The number of aryl methyl sites for hydroxylation is 2. The number of hydrogen-bond acceptors (Lipinski definition) is 3. The van der Waals surface area contributed by atoms with Crippen LogP contribution in [0.3, 0.4) is 0 Å². The first-order valence-electron chi connectivity index (χ1n) is 6.34. The third-order valence-electron chi connectivity index (χ3n) is 3.07. The highest BCUT2D eigenvalue weighted by atomic mass is 16.5. The minimum absolute atomic E-state index is 0.00972. The minimum atomic E-state index is -0.00972. The summed E-state index contributed by atoms with van der Waals surface area (Å²) in [6, 6.07) is 6.01. The number of benzene rings is 1. The number of nitrogens with one attached hydrogen (secondary N) is 2. The number of amides is 1. The molecular formula is C14H20N2O2. The van der Waals surface area contributed by atoms with E-state index in [0.29, 0.717) is 13.0 Å². The first-order valence-corrected chi connectivity index (χ1v) is 6.34. The topological polar surface area (TPSA) is 50.4 Å². The van der Waals surface area contributed by atoms with Gasteiger partial charge in [-0.15, -0.1) is 0 Å². The maximum absolute atomic E-state index is 11.9. The van der Waals surface area contributed by atoms with Gasteiger partial charge in [0.25, 0.3) is 0 Å². The van der Waals surface area contributed by atoms with E-state index in [9.17, 15) is 4.79 Å². The smallest absolute Gasteiger partial charge is 0.227 e. The Hall–Kier alpha value is -1.39. The zero-order chi connectivity index (χ0) is 13.0. The summed E-state index contributed by atoms with van der Waals surface area (Å²) in [4.78, 5) is 11.9. The molecule has 1 amide bonds. The lowest BCUT2D eigenvalue weighted by molar-refractivity contribution is -0.119. The molecule has 2 N–H and O–H groups in total. The van der Waals surface area contributed by atoms with Crippen molar-refractivity contribution < 1.29 is 9.53 Å². The van der Waals surface area contributed by atoms with Gasteiger partial charge in [-0.1, -0.05) is 17.7 Å². The molecule has 0 bridgehead atoms. The molecule has 1 aliphatic rings. The third-order valence-corrected chi connectivity index (χ3v) is 3.07. The highest BCUT2D eigenvalue weighted by Crippen LogP contribution is 2.16. The van der Waals surface area contributed by atoms with Crippen molar-refractivity contribution >= 4 is 11.6 Å². The zero-order valence-electron chi connectivity index (χ0n) is 11.0. The van der Waals surface area contributed by atoms with E-state index >= 15 is 0 Å². The van der Waals surface area contributed by atoms with E-state index < -0.39 is 0 Å². The van der Waals surface area contributed by atoms with Crippen molar-refractivity contribution in [3.63, 3.8) is 0 Å². The standard InChI is InChI=1S/C14H20N2O2/c1-10-3-4-13(11(2)7-10)16-14(17)8-12-9-15-5-6-18-12/h3-4,7,12,15H,5-6,8-9H2,1-2H3,(H,16,17). The fourth-order valence-electron chi connectivity index (χ4n) is 2.11. The van der Waals surface area contributed by atoms with Crippen molar-refractivity contribution in [3.05, 3.63) is 29.3 Å². The average molecular weight is 248 g/mol. The molecule has 1 aromatic carbocycles. The van der Waals surface area contributed by atoms with Crippen LogP contribution in [0.4, 0.5) is 5.69 Å². The van der Waals surface area contributed by atoms with Crippen molar-refractivity contribution in [1.29, 1.82) is 0 Å². The lowest BCUT2D eigenvalue weighted by Gasteiger charge is -2.23. The monoisotopic (exact) mass is 248 g/mol. The third kappa shape index (κ3) is 3.55. The molecule has 1 saturated heterocycles. The molecule has 0 radical (unpaired) electrons. The zero-order valence-corrected chi connectivity index (χ0v) is 11.0. The van der Waals surface area contributed by atoms with Gasteiger partial charge in [-0.2, -0.15) is 0 Å². The van der Waals surface area contributed by atoms with Crippen LogP contribution >= 0.6 is 0 Å². The Kier molecular flexibility index (Phi) is 4.33. The van der Waals surface area contributed by atoms with Gasteiger partial charge in [0.2, 0.25) is 5.91 Å². The average Bonchev–Trinajstić information content (AvgIpc) is 2.34. The van der Waals surface area contributed by atoms with Gasteiger partial charge >= 0.3 is 0 Å². The SMILES string of the molecule is Cc1ccc(NC(=O)CC2CNCCO2)c(C)c1. The van der Waals surface area contributed by atoms with Crippen LogP contribution < -0.4 is 10.6 Å². The summed E-state index contributed by atoms with van der Waals surface area (Å²) in [6.45, 7) is 6.35. The molecule has 18 heavy (non-hydrogen) atoms. The van der Waals surface area contributed by atoms with Crippen molar-refractivity contribution in [2.75, 3.05) is 25.0 Å². The minimum Gasteiger partial charge on any atom is -0.375 e. The molecule has 1 fully saturated rings. The largest absolute Gasteiger partial charge is 0.375 e. The Morgan fingerprint density at radius 2 is 2.33 bits per heavy atom. The van der Waals surface area contributed by atoms with Crippen LogP contribution in [0.1, 0.15) is 17.5 Å². The van der Waals surface area contributed by atoms with Gasteiger partial charge in [0.1, 0.15) is 0 Å². The molecule has 1 unspecified atom stereocenters. The number of anilines is 1. The molecule has 1 aliphatic heterocycles. The second-order valence-corrected chi connectivity index (χ2v) is 4.77. The first-order chi connectivity index (χ1) is 8.65. The molecule has 2 rings (SSSR count). The maximum atomic E-state index is 11.9. The Morgan fingerprint density at radius 3 is 3.00 bits per heavy atom. The van der Waals surface area contributed by atoms with Crippen LogP contribution in [0, 0.1) is 13.8 Å². The number of morpholine rings is 1. The summed E-state index contributed by atoms with van der Waals surface area (Å²) in [7, 11) is 0. The molecule has 1 atom stereocenters. The molecular weight excluding hydrogens is 228 g/mol. The van der Waals surface area contributed by atoms with Gasteiger partial charge in [0, 0.05) is 18.8 Å². The molecule has 4 nitrogen and oxygen atoms in total. The predicted octanol–water partition coefficient (Wildman–Crippen LogP) is 1.62. The van der Waals surface area contributed by atoms with Crippen molar-refractivity contribution in [3.8, 4) is 0 Å². The highest BCUT2D eigenvalue weighted by molar-refractivity contribution is 5.91. The fraction of sp³-hybridized carbons (Fsp3) is 0.500. The Balaban J connectivity index is 1.90. The summed E-state index contributed by atoms with van der Waals surface area (Å²) >= 11 is 0. The van der Waals surface area contributed by atoms with Crippen LogP contribution in [0.5, 0.6) is 0 Å². The number of carbonyl (C=O) groups excluding carboxylic acids is 1. The van der Waals surface area contributed by atoms with Crippen LogP contribution in [0.15, 0.2) is 18.2 Å². The number of hydrogen-bond donors (Lipinski definition) is 2. The molecule has 1 heterocycles. The maximum Gasteiger partial charge on any atom is 0.227 e. The first kappa shape index (κ1) is 13.1. The number of carbonyl (C=O) groups is 1. The second-order valence-electron chi connectivity index (χ2n) is 4.77. The quantitative estimate of drug-likeness (QED) is 0.854. The molecule has 4 heteroatoms. The highest BCUT2D eigenvalue weighted by Gasteiger charge is 2.17. The van der Waals surface area contributed by atoms with Crippen LogP contribution in [-0.2, 0) is 9.53 Å². The van der Waals surface area contributed by atoms with Gasteiger partial charge in [-0.25, -0.2) is 0 Å². The van der Waals surface area contributed by atoms with Crippen LogP contribution in [0.2, 0.25) is 0 Å². The summed E-state index contributed by atoms with van der Waals surface area (Å²) < 4.78 is 5.51.